The van der Waals surface area contributed by atoms with E-state index in [1.54, 1.807) is 13.8 Å². The number of rotatable bonds is 3. The molecule has 0 spiro atoms. The molecule has 1 aliphatic rings. The fourth-order valence-electron chi connectivity index (χ4n) is 1.89. The number of carbonyl (C=O) groups excluding carboxylic acids is 2. The molecule has 1 atom stereocenters. The second kappa shape index (κ2) is 5.31. The van der Waals surface area contributed by atoms with E-state index in [4.69, 9.17) is 5.26 Å². The molecule has 1 aliphatic heterocycles. The molecular formula is C13H20N2O2. The monoisotopic (exact) mass is 236 g/mol. The zero-order valence-corrected chi connectivity index (χ0v) is 10.8. The lowest BCUT2D eigenvalue weighted by molar-refractivity contribution is -0.150. The van der Waals surface area contributed by atoms with Crippen LogP contribution < -0.4 is 0 Å². The van der Waals surface area contributed by atoms with Crippen molar-refractivity contribution in [2.24, 2.45) is 5.41 Å². The second-order valence-electron chi connectivity index (χ2n) is 5.21. The van der Waals surface area contributed by atoms with Crippen LogP contribution in [-0.2, 0) is 9.59 Å². The smallest absolute Gasteiger partial charge is 0.291 e. The minimum atomic E-state index is -0.630. The lowest BCUT2D eigenvalue weighted by Gasteiger charge is -2.33. The number of ketones is 1. The minimum Gasteiger partial charge on any atom is -0.320 e. The Morgan fingerprint density at radius 1 is 1.41 bits per heavy atom. The summed E-state index contributed by atoms with van der Waals surface area (Å²) >= 11 is 0. The molecule has 1 saturated heterocycles. The van der Waals surface area contributed by atoms with Crippen LogP contribution in [0.15, 0.2) is 0 Å². The molecule has 0 aliphatic carbocycles. The highest BCUT2D eigenvalue weighted by Gasteiger charge is 2.37. The fraction of sp³-hybridized carbons (Fsp3) is 0.769. The molecule has 0 aromatic rings. The predicted octanol–water partition coefficient (Wildman–Crippen LogP) is 1.90. The molecule has 0 saturated carbocycles. The molecule has 1 fully saturated rings. The third-order valence-corrected chi connectivity index (χ3v) is 3.61. The van der Waals surface area contributed by atoms with Gasteiger partial charge in [-0.05, 0) is 25.7 Å². The summed E-state index contributed by atoms with van der Waals surface area (Å²) in [5.74, 6) is -0.856. The Balaban J connectivity index is 2.82. The molecular weight excluding hydrogens is 216 g/mol. The first-order chi connectivity index (χ1) is 7.94. The predicted molar refractivity (Wildman–Crippen MR) is 64.0 cm³/mol. The zero-order valence-electron chi connectivity index (χ0n) is 10.8. The maximum absolute atomic E-state index is 12.1. The van der Waals surface area contributed by atoms with Crippen molar-refractivity contribution in [2.75, 3.05) is 6.54 Å². The van der Waals surface area contributed by atoms with Crippen molar-refractivity contribution in [3.05, 3.63) is 0 Å². The minimum absolute atomic E-state index is 0.373. The summed E-state index contributed by atoms with van der Waals surface area (Å²) in [6.45, 7) is 5.98. The van der Waals surface area contributed by atoms with Gasteiger partial charge in [-0.25, -0.2) is 0 Å². The topological polar surface area (TPSA) is 61.2 Å². The molecule has 1 heterocycles. The third-order valence-electron chi connectivity index (χ3n) is 3.61. The van der Waals surface area contributed by atoms with Gasteiger partial charge in [-0.1, -0.05) is 20.8 Å². The van der Waals surface area contributed by atoms with Crippen molar-refractivity contribution in [1.82, 2.24) is 4.90 Å². The largest absolute Gasteiger partial charge is 0.320 e. The van der Waals surface area contributed by atoms with Gasteiger partial charge in [0, 0.05) is 12.0 Å². The first-order valence-corrected chi connectivity index (χ1v) is 6.19. The first-order valence-electron chi connectivity index (χ1n) is 6.19. The van der Waals surface area contributed by atoms with E-state index in [9.17, 15) is 9.59 Å². The first kappa shape index (κ1) is 13.7. The van der Waals surface area contributed by atoms with E-state index in [0.29, 0.717) is 19.4 Å². The van der Waals surface area contributed by atoms with Crippen molar-refractivity contribution in [2.45, 2.75) is 52.5 Å². The summed E-state index contributed by atoms with van der Waals surface area (Å²) in [4.78, 5) is 25.6. The summed E-state index contributed by atoms with van der Waals surface area (Å²) in [5, 5.41) is 9.00. The number of carbonyl (C=O) groups is 2. The van der Waals surface area contributed by atoms with Gasteiger partial charge in [-0.3, -0.25) is 9.59 Å². The zero-order chi connectivity index (χ0) is 13.1. The van der Waals surface area contributed by atoms with Crippen molar-refractivity contribution in [3.63, 3.8) is 0 Å². The summed E-state index contributed by atoms with van der Waals surface area (Å²) in [6, 6.07) is 1.69. The van der Waals surface area contributed by atoms with E-state index in [0.717, 1.165) is 12.8 Å². The van der Waals surface area contributed by atoms with Crippen molar-refractivity contribution in [1.29, 1.82) is 5.26 Å². The Kier molecular flexibility index (Phi) is 4.28. The van der Waals surface area contributed by atoms with Gasteiger partial charge < -0.3 is 4.90 Å². The van der Waals surface area contributed by atoms with E-state index in [1.807, 2.05) is 6.92 Å². The van der Waals surface area contributed by atoms with Crippen molar-refractivity contribution >= 4 is 11.7 Å². The van der Waals surface area contributed by atoms with Gasteiger partial charge in [-0.15, -0.1) is 0 Å². The second-order valence-corrected chi connectivity index (χ2v) is 5.21. The van der Waals surface area contributed by atoms with E-state index in [-0.39, 0.29) is 5.78 Å². The molecule has 1 unspecified atom stereocenters. The molecule has 4 nitrogen and oxygen atoms in total. The number of nitrogens with zero attached hydrogens (tertiary/aromatic N) is 2. The van der Waals surface area contributed by atoms with Gasteiger partial charge in [0.15, 0.2) is 0 Å². The van der Waals surface area contributed by atoms with Crippen LogP contribution in [0.1, 0.15) is 46.5 Å². The van der Waals surface area contributed by atoms with Crippen molar-refractivity contribution < 1.29 is 9.59 Å². The molecule has 0 aromatic heterocycles. The Hall–Kier alpha value is -1.37. The summed E-state index contributed by atoms with van der Waals surface area (Å²) in [6.07, 6.45) is 3.14. The summed E-state index contributed by atoms with van der Waals surface area (Å²) in [5.41, 5.74) is -0.630. The van der Waals surface area contributed by atoms with Crippen molar-refractivity contribution in [3.8, 4) is 6.07 Å². The van der Waals surface area contributed by atoms with E-state index in [1.165, 1.54) is 4.90 Å². The maximum Gasteiger partial charge on any atom is 0.291 e. The third kappa shape index (κ3) is 2.85. The lowest BCUT2D eigenvalue weighted by atomic mass is 9.84. The lowest BCUT2D eigenvalue weighted by Crippen LogP contribution is -2.49. The van der Waals surface area contributed by atoms with E-state index < -0.39 is 17.4 Å². The molecule has 94 valence electrons. The molecule has 0 N–H and O–H groups in total. The highest BCUT2D eigenvalue weighted by Crippen LogP contribution is 2.24. The van der Waals surface area contributed by atoms with Crippen LogP contribution in [0.5, 0.6) is 0 Å². The number of piperidine rings is 1. The number of nitriles is 1. The molecule has 1 rings (SSSR count). The van der Waals surface area contributed by atoms with Crippen LogP contribution in [0, 0.1) is 16.7 Å². The van der Waals surface area contributed by atoms with Crippen LogP contribution in [-0.4, -0.2) is 29.2 Å². The van der Waals surface area contributed by atoms with Gasteiger partial charge in [0.1, 0.15) is 6.04 Å². The number of likely N-dealkylation sites (tertiary alicyclic amines) is 1. The SMILES string of the molecule is CCC(C)(C)C(=O)C(=O)N1CCCCC1C#N. The van der Waals surface area contributed by atoms with Crippen LogP contribution in [0.2, 0.25) is 0 Å². The normalized spacial score (nSPS) is 20.8. The quantitative estimate of drug-likeness (QED) is 0.703. The molecule has 1 amide bonds. The van der Waals surface area contributed by atoms with Crippen LogP contribution in [0.25, 0.3) is 0 Å². The molecule has 0 radical (unpaired) electrons. The number of hydrogen-bond acceptors (Lipinski definition) is 3. The average Bonchev–Trinajstić information content (AvgIpc) is 2.36. The van der Waals surface area contributed by atoms with Gasteiger partial charge in [0.2, 0.25) is 5.78 Å². The standard InChI is InChI=1S/C13H20N2O2/c1-4-13(2,3)11(16)12(17)15-8-6-5-7-10(15)9-14/h10H,4-8H2,1-3H3. The molecule has 0 bridgehead atoms. The highest BCUT2D eigenvalue weighted by molar-refractivity contribution is 6.38. The van der Waals surface area contributed by atoms with Crippen LogP contribution >= 0.6 is 0 Å². The summed E-state index contributed by atoms with van der Waals surface area (Å²) < 4.78 is 0. The summed E-state index contributed by atoms with van der Waals surface area (Å²) in [7, 11) is 0. The van der Waals surface area contributed by atoms with Crippen LogP contribution in [0.3, 0.4) is 0 Å². The van der Waals surface area contributed by atoms with Gasteiger partial charge in [0.05, 0.1) is 6.07 Å². The number of hydrogen-bond donors (Lipinski definition) is 0. The van der Waals surface area contributed by atoms with E-state index in [2.05, 4.69) is 6.07 Å². The fourth-order valence-corrected chi connectivity index (χ4v) is 1.89. The average molecular weight is 236 g/mol. The Labute approximate surface area is 103 Å². The number of Topliss-reactive ketones (excluding diaryl/α,β-unsaturated/α-hetero) is 1. The molecule has 17 heavy (non-hydrogen) atoms. The maximum atomic E-state index is 12.1. The van der Waals surface area contributed by atoms with E-state index >= 15 is 0 Å². The Morgan fingerprint density at radius 2 is 2.06 bits per heavy atom. The number of amides is 1. The molecule has 0 aromatic carbocycles. The van der Waals surface area contributed by atoms with Gasteiger partial charge >= 0.3 is 0 Å². The Bertz CT molecular complexity index is 355. The van der Waals surface area contributed by atoms with Crippen LogP contribution in [0.4, 0.5) is 0 Å². The van der Waals surface area contributed by atoms with Gasteiger partial charge in [0.25, 0.3) is 5.91 Å². The Morgan fingerprint density at radius 3 is 2.59 bits per heavy atom. The highest BCUT2D eigenvalue weighted by atomic mass is 16.2. The molecule has 4 heteroatoms. The van der Waals surface area contributed by atoms with Gasteiger partial charge in [-0.2, -0.15) is 5.26 Å².